The molecular formula is C14H20ClN3O. The van der Waals surface area contributed by atoms with Crippen molar-refractivity contribution in [2.75, 3.05) is 31.6 Å². The normalized spacial score (nSPS) is 16.5. The monoisotopic (exact) mass is 281 g/mol. The second-order valence-electron chi connectivity index (χ2n) is 4.88. The Morgan fingerprint density at radius 3 is 2.63 bits per heavy atom. The van der Waals surface area contributed by atoms with Crippen LogP contribution in [0.15, 0.2) is 24.3 Å². The molecule has 2 rings (SSSR count). The van der Waals surface area contributed by atoms with E-state index in [0.29, 0.717) is 6.04 Å². The quantitative estimate of drug-likeness (QED) is 0.918. The molecule has 1 fully saturated rings. The largest absolute Gasteiger partial charge is 0.370 e. The van der Waals surface area contributed by atoms with Crippen molar-refractivity contribution in [2.24, 2.45) is 5.73 Å². The van der Waals surface area contributed by atoms with E-state index < -0.39 is 0 Å². The van der Waals surface area contributed by atoms with E-state index in [1.807, 2.05) is 29.2 Å². The van der Waals surface area contributed by atoms with Gasteiger partial charge in [-0.15, -0.1) is 0 Å². The average molecular weight is 282 g/mol. The van der Waals surface area contributed by atoms with Crippen LogP contribution in [-0.2, 0) is 4.79 Å². The Balaban J connectivity index is 1.98. The smallest absolute Gasteiger partial charge is 0.236 e. The van der Waals surface area contributed by atoms with Crippen LogP contribution < -0.4 is 10.6 Å². The van der Waals surface area contributed by atoms with Crippen LogP contribution >= 0.6 is 11.6 Å². The van der Waals surface area contributed by atoms with Crippen molar-refractivity contribution in [3.63, 3.8) is 0 Å². The Morgan fingerprint density at radius 2 is 2.05 bits per heavy atom. The molecule has 1 saturated heterocycles. The van der Waals surface area contributed by atoms with Gasteiger partial charge in [0, 0.05) is 26.2 Å². The fourth-order valence-electron chi connectivity index (χ4n) is 2.57. The maximum absolute atomic E-state index is 11.5. The molecule has 1 heterocycles. The van der Waals surface area contributed by atoms with Gasteiger partial charge in [-0.05, 0) is 25.0 Å². The first-order chi connectivity index (χ1) is 9.13. The molecule has 2 N–H and O–H groups in total. The fourth-order valence-corrected chi connectivity index (χ4v) is 2.84. The summed E-state index contributed by atoms with van der Waals surface area (Å²) in [5.41, 5.74) is 6.44. The Bertz CT molecular complexity index is 444. The Kier molecular flexibility index (Phi) is 4.66. The zero-order valence-corrected chi connectivity index (χ0v) is 11.9. The van der Waals surface area contributed by atoms with Crippen molar-refractivity contribution in [3.8, 4) is 0 Å². The second kappa shape index (κ2) is 6.26. The number of nitrogens with zero attached hydrogens (tertiary/aromatic N) is 2. The zero-order valence-electron chi connectivity index (χ0n) is 11.2. The molecule has 0 aromatic heterocycles. The van der Waals surface area contributed by atoms with Crippen molar-refractivity contribution in [3.05, 3.63) is 29.3 Å². The van der Waals surface area contributed by atoms with Crippen LogP contribution in [0.3, 0.4) is 0 Å². The molecule has 0 aliphatic carbocycles. The number of benzene rings is 1. The van der Waals surface area contributed by atoms with E-state index in [1.54, 1.807) is 0 Å². The van der Waals surface area contributed by atoms with Gasteiger partial charge in [0.1, 0.15) is 0 Å². The molecule has 19 heavy (non-hydrogen) atoms. The van der Waals surface area contributed by atoms with Crippen molar-refractivity contribution in [2.45, 2.75) is 18.9 Å². The van der Waals surface area contributed by atoms with Gasteiger partial charge in [-0.2, -0.15) is 0 Å². The number of hydrogen-bond acceptors (Lipinski definition) is 3. The summed E-state index contributed by atoms with van der Waals surface area (Å²) >= 11 is 6.22. The lowest BCUT2D eigenvalue weighted by Gasteiger charge is -2.38. The van der Waals surface area contributed by atoms with Gasteiger partial charge >= 0.3 is 0 Å². The summed E-state index contributed by atoms with van der Waals surface area (Å²) in [6.07, 6.45) is 1.90. The first-order valence-corrected chi connectivity index (χ1v) is 6.96. The van der Waals surface area contributed by atoms with Crippen molar-refractivity contribution in [1.29, 1.82) is 0 Å². The summed E-state index contributed by atoms with van der Waals surface area (Å²) in [4.78, 5) is 15.6. The minimum atomic E-state index is 0.0406. The lowest BCUT2D eigenvalue weighted by atomic mass is 10.0. The molecule has 1 aliphatic rings. The number of rotatable bonds is 3. The summed E-state index contributed by atoms with van der Waals surface area (Å²) in [6, 6.07) is 8.27. The third kappa shape index (κ3) is 3.19. The average Bonchev–Trinajstić information content (AvgIpc) is 2.46. The summed E-state index contributed by atoms with van der Waals surface area (Å²) < 4.78 is 0. The van der Waals surface area contributed by atoms with Crippen LogP contribution in [0.2, 0.25) is 5.02 Å². The highest BCUT2D eigenvalue weighted by molar-refractivity contribution is 6.33. The van der Waals surface area contributed by atoms with Crippen molar-refractivity contribution in [1.82, 2.24) is 4.90 Å². The first-order valence-electron chi connectivity index (χ1n) is 6.58. The lowest BCUT2D eigenvalue weighted by molar-refractivity contribution is -0.130. The van der Waals surface area contributed by atoms with Gasteiger partial charge in [0.2, 0.25) is 5.91 Å². The van der Waals surface area contributed by atoms with Crippen LogP contribution in [0.5, 0.6) is 0 Å². The Labute approximate surface area is 119 Å². The Hall–Kier alpha value is -1.26. The summed E-state index contributed by atoms with van der Waals surface area (Å²) in [5, 5.41) is 0.769. The maximum atomic E-state index is 11.5. The molecule has 0 saturated carbocycles. The number of piperidine rings is 1. The molecule has 1 aromatic rings. The third-order valence-corrected chi connectivity index (χ3v) is 4.09. The number of halogens is 1. The topological polar surface area (TPSA) is 49.6 Å². The number of likely N-dealkylation sites (tertiary alicyclic amines) is 1. The molecule has 0 atom stereocenters. The van der Waals surface area contributed by atoms with Crippen LogP contribution in [0.1, 0.15) is 12.8 Å². The van der Waals surface area contributed by atoms with Crippen molar-refractivity contribution < 1.29 is 4.79 Å². The van der Waals surface area contributed by atoms with Gasteiger partial charge in [0.15, 0.2) is 0 Å². The predicted molar refractivity (Wildman–Crippen MR) is 78.5 cm³/mol. The molecule has 0 radical (unpaired) electrons. The second-order valence-corrected chi connectivity index (χ2v) is 5.29. The van der Waals surface area contributed by atoms with E-state index >= 15 is 0 Å². The molecular weight excluding hydrogens is 262 g/mol. The molecule has 104 valence electrons. The standard InChI is InChI=1S/C14H20ClN3O/c1-17(13-5-3-2-4-12(13)15)11-6-8-18(9-7-11)14(19)10-16/h2-5,11H,6-10,16H2,1H3. The number of anilines is 1. The number of carbonyl (C=O) groups excluding carboxylic acids is 1. The Morgan fingerprint density at radius 1 is 1.42 bits per heavy atom. The van der Waals surface area contributed by atoms with Crippen LogP contribution in [0, 0.1) is 0 Å². The number of carbonyl (C=O) groups is 1. The van der Waals surface area contributed by atoms with E-state index in [2.05, 4.69) is 11.9 Å². The van der Waals surface area contributed by atoms with Gasteiger partial charge in [0.25, 0.3) is 0 Å². The molecule has 5 heteroatoms. The van der Waals surface area contributed by atoms with Gasteiger partial charge < -0.3 is 15.5 Å². The summed E-state index contributed by atoms with van der Waals surface area (Å²) in [6.45, 7) is 1.65. The molecule has 0 spiro atoms. The number of para-hydroxylation sites is 1. The SMILES string of the molecule is CN(c1ccccc1Cl)C1CCN(C(=O)CN)CC1. The van der Waals surface area contributed by atoms with Gasteiger partial charge in [0.05, 0.1) is 17.3 Å². The fraction of sp³-hybridized carbons (Fsp3) is 0.500. The van der Waals surface area contributed by atoms with E-state index in [4.69, 9.17) is 17.3 Å². The number of hydrogen-bond donors (Lipinski definition) is 1. The summed E-state index contributed by atoms with van der Waals surface area (Å²) in [5.74, 6) is 0.0406. The van der Waals surface area contributed by atoms with E-state index in [9.17, 15) is 4.79 Å². The minimum absolute atomic E-state index is 0.0406. The summed E-state index contributed by atoms with van der Waals surface area (Å²) in [7, 11) is 2.06. The molecule has 0 bridgehead atoms. The molecule has 0 unspecified atom stereocenters. The zero-order chi connectivity index (χ0) is 13.8. The number of amides is 1. The van der Waals surface area contributed by atoms with E-state index in [0.717, 1.165) is 36.6 Å². The number of nitrogens with two attached hydrogens (primary N) is 1. The highest BCUT2D eigenvalue weighted by Crippen LogP contribution is 2.28. The highest BCUT2D eigenvalue weighted by Gasteiger charge is 2.25. The molecule has 1 amide bonds. The van der Waals surface area contributed by atoms with Crippen LogP contribution in [0.4, 0.5) is 5.69 Å². The minimum Gasteiger partial charge on any atom is -0.370 e. The molecule has 1 aromatic carbocycles. The van der Waals surface area contributed by atoms with E-state index in [-0.39, 0.29) is 12.5 Å². The van der Waals surface area contributed by atoms with E-state index in [1.165, 1.54) is 0 Å². The maximum Gasteiger partial charge on any atom is 0.236 e. The third-order valence-electron chi connectivity index (χ3n) is 3.77. The molecule has 4 nitrogen and oxygen atoms in total. The van der Waals surface area contributed by atoms with Gasteiger partial charge in [-0.3, -0.25) is 4.79 Å². The first kappa shape index (κ1) is 14.2. The molecule has 1 aliphatic heterocycles. The predicted octanol–water partition coefficient (Wildman–Crippen LogP) is 1.73. The van der Waals surface area contributed by atoms with Gasteiger partial charge in [-0.25, -0.2) is 0 Å². The van der Waals surface area contributed by atoms with Crippen LogP contribution in [0.25, 0.3) is 0 Å². The van der Waals surface area contributed by atoms with Crippen LogP contribution in [-0.4, -0.2) is 43.5 Å². The van der Waals surface area contributed by atoms with Gasteiger partial charge in [-0.1, -0.05) is 23.7 Å². The lowest BCUT2D eigenvalue weighted by Crippen LogP contribution is -2.47. The highest BCUT2D eigenvalue weighted by atomic mass is 35.5. The van der Waals surface area contributed by atoms with Crippen molar-refractivity contribution >= 4 is 23.2 Å².